The Morgan fingerprint density at radius 2 is 1.95 bits per heavy atom. The van der Waals surface area contributed by atoms with E-state index in [-0.39, 0.29) is 19.2 Å². The molecule has 0 amide bonds. The minimum atomic E-state index is -0.331. The third-order valence-corrected chi connectivity index (χ3v) is 2.48. The highest BCUT2D eigenvalue weighted by atomic mass is 16.6. The number of nitrogens with one attached hydrogen (secondary N) is 1. The van der Waals surface area contributed by atoms with Crippen molar-refractivity contribution in [1.82, 2.24) is 5.32 Å². The first-order chi connectivity index (χ1) is 9.26. The molecule has 0 unspecified atom stereocenters. The largest absolute Gasteiger partial charge is 0.464 e. The van der Waals surface area contributed by atoms with Gasteiger partial charge in [0.15, 0.2) is 0 Å². The molecule has 0 aliphatic carbocycles. The van der Waals surface area contributed by atoms with Crippen LogP contribution in [0.1, 0.15) is 18.1 Å². The van der Waals surface area contributed by atoms with Crippen LogP contribution in [0.25, 0.3) is 0 Å². The van der Waals surface area contributed by atoms with Crippen LogP contribution in [0.15, 0.2) is 24.3 Å². The molecular formula is C14H21NO4. The SMILES string of the molecule is CCOC(=O)COCCNCc1ccc(CO)cc1. The molecule has 0 saturated heterocycles. The molecule has 5 heteroatoms. The molecule has 0 aliphatic heterocycles. The number of rotatable bonds is 9. The highest BCUT2D eigenvalue weighted by Crippen LogP contribution is 2.03. The number of aliphatic hydroxyl groups excluding tert-OH is 1. The van der Waals surface area contributed by atoms with Gasteiger partial charge in [0, 0.05) is 13.1 Å². The van der Waals surface area contributed by atoms with E-state index < -0.39 is 0 Å². The first-order valence-electron chi connectivity index (χ1n) is 6.39. The predicted octanol–water partition coefficient (Wildman–Crippen LogP) is 0.848. The zero-order valence-corrected chi connectivity index (χ0v) is 11.2. The number of aliphatic hydroxyl groups is 1. The number of hydrogen-bond acceptors (Lipinski definition) is 5. The van der Waals surface area contributed by atoms with Crippen molar-refractivity contribution in [2.75, 3.05) is 26.4 Å². The first kappa shape index (κ1) is 15.6. The second-order valence-electron chi connectivity index (χ2n) is 4.01. The van der Waals surface area contributed by atoms with Gasteiger partial charge in [0.2, 0.25) is 0 Å². The van der Waals surface area contributed by atoms with E-state index >= 15 is 0 Å². The van der Waals surface area contributed by atoms with Gasteiger partial charge in [-0.3, -0.25) is 0 Å². The van der Waals surface area contributed by atoms with Crippen LogP contribution in [0.2, 0.25) is 0 Å². The molecule has 0 saturated carbocycles. The van der Waals surface area contributed by atoms with Gasteiger partial charge in [-0.15, -0.1) is 0 Å². The summed E-state index contributed by atoms with van der Waals surface area (Å²) in [5, 5.41) is 12.1. The molecule has 106 valence electrons. The highest BCUT2D eigenvalue weighted by Gasteiger charge is 2.00. The van der Waals surface area contributed by atoms with Gasteiger partial charge in [0.25, 0.3) is 0 Å². The fraction of sp³-hybridized carbons (Fsp3) is 0.500. The number of benzene rings is 1. The molecule has 0 radical (unpaired) electrons. The molecule has 1 aromatic carbocycles. The third kappa shape index (κ3) is 6.91. The van der Waals surface area contributed by atoms with Crippen molar-refractivity contribution < 1.29 is 19.4 Å². The van der Waals surface area contributed by atoms with E-state index in [2.05, 4.69) is 5.32 Å². The molecule has 0 aliphatic rings. The van der Waals surface area contributed by atoms with Crippen LogP contribution in [0.5, 0.6) is 0 Å². The number of ether oxygens (including phenoxy) is 2. The number of esters is 1. The fourth-order valence-corrected chi connectivity index (χ4v) is 1.50. The Labute approximate surface area is 113 Å². The Morgan fingerprint density at radius 3 is 2.58 bits per heavy atom. The van der Waals surface area contributed by atoms with Crippen LogP contribution in [-0.2, 0) is 27.4 Å². The normalized spacial score (nSPS) is 10.4. The van der Waals surface area contributed by atoms with Crippen LogP contribution in [0.3, 0.4) is 0 Å². The molecule has 0 aromatic heterocycles. The Morgan fingerprint density at radius 1 is 1.26 bits per heavy atom. The summed E-state index contributed by atoms with van der Waals surface area (Å²) in [5.41, 5.74) is 2.05. The molecule has 0 heterocycles. The van der Waals surface area contributed by atoms with Crippen molar-refractivity contribution in [2.45, 2.75) is 20.1 Å². The zero-order chi connectivity index (χ0) is 13.9. The number of carbonyl (C=O) groups excluding carboxylic acids is 1. The van der Waals surface area contributed by atoms with Crippen LogP contribution in [0.4, 0.5) is 0 Å². The standard InChI is InChI=1S/C14H21NO4/c1-2-19-14(17)11-18-8-7-15-9-12-3-5-13(10-16)6-4-12/h3-6,15-16H,2,7-11H2,1H3. The summed E-state index contributed by atoms with van der Waals surface area (Å²) in [7, 11) is 0. The fourth-order valence-electron chi connectivity index (χ4n) is 1.50. The summed E-state index contributed by atoms with van der Waals surface area (Å²) < 4.78 is 9.89. The minimum Gasteiger partial charge on any atom is -0.464 e. The number of hydrogen-bond donors (Lipinski definition) is 2. The van der Waals surface area contributed by atoms with Gasteiger partial charge >= 0.3 is 5.97 Å². The van der Waals surface area contributed by atoms with Crippen molar-refractivity contribution in [3.63, 3.8) is 0 Å². The highest BCUT2D eigenvalue weighted by molar-refractivity contribution is 5.70. The van der Waals surface area contributed by atoms with Gasteiger partial charge in [-0.1, -0.05) is 24.3 Å². The lowest BCUT2D eigenvalue weighted by atomic mass is 10.1. The van der Waals surface area contributed by atoms with Gasteiger partial charge in [0.05, 0.1) is 19.8 Å². The Bertz CT molecular complexity index is 364. The van der Waals surface area contributed by atoms with Crippen molar-refractivity contribution in [1.29, 1.82) is 0 Å². The number of carbonyl (C=O) groups is 1. The maximum atomic E-state index is 11.0. The molecule has 1 rings (SSSR count). The Hall–Kier alpha value is -1.43. The average Bonchev–Trinajstić information content (AvgIpc) is 2.43. The topological polar surface area (TPSA) is 67.8 Å². The van der Waals surface area contributed by atoms with E-state index in [0.717, 1.165) is 17.7 Å². The van der Waals surface area contributed by atoms with E-state index in [4.69, 9.17) is 14.6 Å². The van der Waals surface area contributed by atoms with Gasteiger partial charge in [0.1, 0.15) is 6.61 Å². The van der Waals surface area contributed by atoms with E-state index in [1.165, 1.54) is 0 Å². The molecule has 5 nitrogen and oxygen atoms in total. The lowest BCUT2D eigenvalue weighted by molar-refractivity contribution is -0.148. The predicted molar refractivity (Wildman–Crippen MR) is 71.5 cm³/mol. The summed E-state index contributed by atoms with van der Waals surface area (Å²) in [6.45, 7) is 4.07. The summed E-state index contributed by atoms with van der Waals surface area (Å²) in [6.07, 6.45) is 0. The quantitative estimate of drug-likeness (QED) is 0.513. The summed E-state index contributed by atoms with van der Waals surface area (Å²) in [4.78, 5) is 11.0. The molecule has 0 spiro atoms. The average molecular weight is 267 g/mol. The van der Waals surface area contributed by atoms with Crippen LogP contribution in [0, 0.1) is 0 Å². The van der Waals surface area contributed by atoms with Crippen molar-refractivity contribution in [3.8, 4) is 0 Å². The molecule has 1 aromatic rings. The van der Waals surface area contributed by atoms with Gasteiger partial charge in [-0.05, 0) is 18.1 Å². The van der Waals surface area contributed by atoms with E-state index in [1.807, 2.05) is 24.3 Å². The van der Waals surface area contributed by atoms with Crippen LogP contribution >= 0.6 is 0 Å². The Kier molecular flexibility index (Phi) is 7.81. The smallest absolute Gasteiger partial charge is 0.332 e. The van der Waals surface area contributed by atoms with Crippen molar-refractivity contribution in [3.05, 3.63) is 35.4 Å². The molecule has 0 bridgehead atoms. The maximum Gasteiger partial charge on any atom is 0.332 e. The van der Waals surface area contributed by atoms with Crippen LogP contribution in [-0.4, -0.2) is 37.4 Å². The second-order valence-corrected chi connectivity index (χ2v) is 4.01. The maximum absolute atomic E-state index is 11.0. The third-order valence-electron chi connectivity index (χ3n) is 2.48. The molecular weight excluding hydrogens is 246 g/mol. The first-order valence-corrected chi connectivity index (χ1v) is 6.39. The van der Waals surface area contributed by atoms with E-state index in [0.29, 0.717) is 19.8 Å². The minimum absolute atomic E-state index is 0.000711. The summed E-state index contributed by atoms with van der Waals surface area (Å²) in [6, 6.07) is 7.73. The van der Waals surface area contributed by atoms with Crippen LogP contribution < -0.4 is 5.32 Å². The lowest BCUT2D eigenvalue weighted by Gasteiger charge is -2.06. The van der Waals surface area contributed by atoms with E-state index in [9.17, 15) is 4.79 Å². The molecule has 0 atom stereocenters. The lowest BCUT2D eigenvalue weighted by Crippen LogP contribution is -2.21. The Balaban J connectivity index is 2.05. The van der Waals surface area contributed by atoms with E-state index in [1.54, 1.807) is 6.92 Å². The van der Waals surface area contributed by atoms with Crippen molar-refractivity contribution >= 4 is 5.97 Å². The summed E-state index contributed by atoms with van der Waals surface area (Å²) in [5.74, 6) is -0.331. The van der Waals surface area contributed by atoms with Gasteiger partial charge in [-0.2, -0.15) is 0 Å². The second kappa shape index (κ2) is 9.49. The van der Waals surface area contributed by atoms with Crippen molar-refractivity contribution in [2.24, 2.45) is 0 Å². The van der Waals surface area contributed by atoms with Gasteiger partial charge < -0.3 is 19.9 Å². The molecule has 2 N–H and O–H groups in total. The monoisotopic (exact) mass is 267 g/mol. The molecule has 0 fully saturated rings. The molecule has 19 heavy (non-hydrogen) atoms. The van der Waals surface area contributed by atoms with Gasteiger partial charge in [-0.25, -0.2) is 4.79 Å². The zero-order valence-electron chi connectivity index (χ0n) is 11.2. The summed E-state index contributed by atoms with van der Waals surface area (Å²) >= 11 is 0.